The van der Waals surface area contributed by atoms with Gasteiger partial charge in [-0.05, 0) is 73.3 Å². The molecule has 0 unspecified atom stereocenters. The van der Waals surface area contributed by atoms with Gasteiger partial charge in [0.25, 0.3) is 0 Å². The van der Waals surface area contributed by atoms with Crippen LogP contribution >= 0.6 is 23.2 Å². The van der Waals surface area contributed by atoms with Gasteiger partial charge in [-0.25, -0.2) is 9.37 Å². The average Bonchev–Trinajstić information content (AvgIpc) is 3.70. The summed E-state index contributed by atoms with van der Waals surface area (Å²) in [4.78, 5) is 32.9. The van der Waals surface area contributed by atoms with Crippen LogP contribution in [0.1, 0.15) is 75.3 Å². The molecular formula is C32H35Cl2FN6O4. The number of benzene rings is 1. The Bertz CT molecular complexity index is 1620. The van der Waals surface area contributed by atoms with Crippen molar-refractivity contribution < 1.29 is 23.1 Å². The van der Waals surface area contributed by atoms with Gasteiger partial charge in [0.1, 0.15) is 5.41 Å². The molecule has 238 valence electrons. The molecule has 4 aliphatic rings. The molecule has 10 nitrogen and oxygen atoms in total. The van der Waals surface area contributed by atoms with Crippen molar-refractivity contribution >= 4 is 40.7 Å². The standard InChI is InChI=1S/C32H35Cl2FN6O4/c1-30(2)8-10-31(11-9-30)32(21-6-3-17(33)13-22(21)39-29(32)43)24(20-7-12-36-27(34)25(20)35)26(40-31)28(42)38-18-4-5-19(44-15-18)14-23-41-37-16-45-23/h3,6-7,12-13,16,18-19,24,26,40H,4-5,8-11,14-15H2,1-2H3,(H,38,42)(H,39,43)/t18-,19+,24+,26-,32-/m1/s1. The van der Waals surface area contributed by atoms with Crippen LogP contribution in [0.4, 0.5) is 10.1 Å². The lowest BCUT2D eigenvalue weighted by Gasteiger charge is -2.50. The third kappa shape index (κ3) is 5.03. The van der Waals surface area contributed by atoms with E-state index >= 15 is 4.39 Å². The SMILES string of the molecule is CC1(C)CCC2(CC1)N[C@@H](C(=O)N[C@@H]1CC[C@@H](Cc3nnco3)OC1)[C@H](c1ccnc(Cl)c1F)[C@]21C(=O)Nc2cc(Cl)ccc21. The number of halogens is 3. The first kappa shape index (κ1) is 30.5. The topological polar surface area (TPSA) is 131 Å². The van der Waals surface area contributed by atoms with Gasteiger partial charge in [-0.3, -0.25) is 14.9 Å². The number of hydrogen-bond acceptors (Lipinski definition) is 8. The number of aromatic nitrogens is 3. The Labute approximate surface area is 270 Å². The van der Waals surface area contributed by atoms with Crippen molar-refractivity contribution in [1.29, 1.82) is 0 Å². The predicted octanol–water partition coefficient (Wildman–Crippen LogP) is 5.10. The van der Waals surface area contributed by atoms with E-state index in [0.717, 1.165) is 12.8 Å². The van der Waals surface area contributed by atoms with Crippen LogP contribution in [0.2, 0.25) is 10.2 Å². The molecule has 45 heavy (non-hydrogen) atoms. The Kier molecular flexibility index (Phi) is 7.66. The van der Waals surface area contributed by atoms with Crippen molar-refractivity contribution in [2.45, 2.75) is 93.9 Å². The van der Waals surface area contributed by atoms with Gasteiger partial charge >= 0.3 is 0 Å². The number of amides is 2. The lowest BCUT2D eigenvalue weighted by atomic mass is 9.53. The van der Waals surface area contributed by atoms with E-state index in [2.05, 4.69) is 45.0 Å². The third-order valence-electron chi connectivity index (χ3n) is 10.5. The number of rotatable bonds is 5. The highest BCUT2D eigenvalue weighted by molar-refractivity contribution is 6.31. The second-order valence-corrected chi connectivity index (χ2v) is 14.4. The highest BCUT2D eigenvalue weighted by atomic mass is 35.5. The van der Waals surface area contributed by atoms with E-state index in [1.807, 2.05) is 6.07 Å². The third-order valence-corrected chi connectivity index (χ3v) is 11.0. The van der Waals surface area contributed by atoms with Crippen molar-refractivity contribution in [2.24, 2.45) is 5.41 Å². The minimum absolute atomic E-state index is 0.0459. The molecule has 1 aromatic carbocycles. The zero-order chi connectivity index (χ0) is 31.6. The van der Waals surface area contributed by atoms with E-state index in [-0.39, 0.29) is 40.1 Å². The molecule has 5 heterocycles. The van der Waals surface area contributed by atoms with E-state index in [1.54, 1.807) is 12.1 Å². The van der Waals surface area contributed by atoms with Crippen molar-refractivity contribution in [3.05, 3.63) is 69.9 Å². The van der Waals surface area contributed by atoms with Gasteiger partial charge in [-0.15, -0.1) is 10.2 Å². The number of nitrogens with zero attached hydrogens (tertiary/aromatic N) is 3. The first-order valence-corrected chi connectivity index (χ1v) is 16.1. The molecule has 7 rings (SSSR count). The monoisotopic (exact) mass is 656 g/mol. The van der Waals surface area contributed by atoms with Crippen LogP contribution in [-0.2, 0) is 26.2 Å². The summed E-state index contributed by atoms with van der Waals surface area (Å²) >= 11 is 12.6. The number of fused-ring (bicyclic) bond motifs is 3. The summed E-state index contributed by atoms with van der Waals surface area (Å²) in [5.74, 6) is -1.79. The fourth-order valence-corrected chi connectivity index (χ4v) is 8.52. The number of nitrogens with one attached hydrogen (secondary N) is 3. The fourth-order valence-electron chi connectivity index (χ4n) is 8.18. The van der Waals surface area contributed by atoms with Crippen LogP contribution in [0.25, 0.3) is 0 Å². The normalized spacial score (nSPS) is 29.9. The number of hydrogen-bond donors (Lipinski definition) is 3. The van der Waals surface area contributed by atoms with Crippen LogP contribution in [0.5, 0.6) is 0 Å². The maximum absolute atomic E-state index is 16.1. The van der Waals surface area contributed by atoms with Gasteiger partial charge in [0, 0.05) is 28.4 Å². The van der Waals surface area contributed by atoms with E-state index in [9.17, 15) is 9.59 Å². The lowest BCUT2D eigenvalue weighted by molar-refractivity contribution is -0.126. The number of anilines is 1. The Morgan fingerprint density at radius 1 is 1.16 bits per heavy atom. The molecule has 3 fully saturated rings. The predicted molar refractivity (Wildman–Crippen MR) is 165 cm³/mol. The molecule has 1 aliphatic carbocycles. The highest BCUT2D eigenvalue weighted by Gasteiger charge is 2.73. The fraction of sp³-hybridized carbons (Fsp3) is 0.531. The van der Waals surface area contributed by atoms with Gasteiger partial charge in [0.15, 0.2) is 11.0 Å². The van der Waals surface area contributed by atoms with Gasteiger partial charge in [-0.2, -0.15) is 0 Å². The molecule has 3 aromatic rings. The Hall–Kier alpha value is -3.12. The largest absolute Gasteiger partial charge is 0.428 e. The zero-order valence-electron chi connectivity index (χ0n) is 25.0. The molecule has 0 radical (unpaired) electrons. The van der Waals surface area contributed by atoms with Gasteiger partial charge in [-0.1, -0.05) is 43.1 Å². The second-order valence-electron chi connectivity index (χ2n) is 13.6. The Morgan fingerprint density at radius 2 is 1.96 bits per heavy atom. The lowest BCUT2D eigenvalue weighted by Crippen LogP contribution is -2.61. The summed E-state index contributed by atoms with van der Waals surface area (Å²) in [5, 5.41) is 17.7. The van der Waals surface area contributed by atoms with Crippen molar-refractivity contribution in [2.75, 3.05) is 11.9 Å². The molecule has 2 amide bonds. The summed E-state index contributed by atoms with van der Waals surface area (Å²) in [6.07, 6.45) is 7.31. The summed E-state index contributed by atoms with van der Waals surface area (Å²) in [5.41, 5.74) is -0.695. The number of ether oxygens (including phenoxy) is 1. The first-order valence-electron chi connectivity index (χ1n) is 15.4. The molecular weight excluding hydrogens is 622 g/mol. The van der Waals surface area contributed by atoms with E-state index < -0.39 is 28.7 Å². The van der Waals surface area contributed by atoms with Crippen molar-refractivity contribution in [3.63, 3.8) is 0 Å². The molecule has 3 N–H and O–H groups in total. The zero-order valence-corrected chi connectivity index (χ0v) is 26.6. The van der Waals surface area contributed by atoms with Gasteiger partial charge < -0.3 is 19.8 Å². The van der Waals surface area contributed by atoms with Gasteiger partial charge in [0.2, 0.25) is 24.1 Å². The van der Waals surface area contributed by atoms with Crippen LogP contribution in [-0.4, -0.2) is 57.3 Å². The molecule has 2 spiro atoms. The summed E-state index contributed by atoms with van der Waals surface area (Å²) in [6.45, 7) is 4.72. The highest BCUT2D eigenvalue weighted by Crippen LogP contribution is 2.64. The smallest absolute Gasteiger partial charge is 0.238 e. The van der Waals surface area contributed by atoms with Crippen LogP contribution in [0.15, 0.2) is 41.3 Å². The van der Waals surface area contributed by atoms with E-state index in [0.29, 0.717) is 60.9 Å². The number of pyridine rings is 1. The number of carbonyl (C=O) groups excluding carboxylic acids is 2. The molecule has 13 heteroatoms. The summed E-state index contributed by atoms with van der Waals surface area (Å²) < 4.78 is 27.4. The second kappa shape index (κ2) is 11.3. The minimum Gasteiger partial charge on any atom is -0.428 e. The maximum Gasteiger partial charge on any atom is 0.238 e. The Morgan fingerprint density at radius 3 is 2.67 bits per heavy atom. The minimum atomic E-state index is -1.32. The molecule has 0 bridgehead atoms. The Balaban J connectivity index is 1.28. The summed E-state index contributed by atoms with van der Waals surface area (Å²) in [6, 6.07) is 5.61. The molecule has 5 atom stereocenters. The van der Waals surface area contributed by atoms with Crippen LogP contribution in [0, 0.1) is 11.2 Å². The molecule has 1 saturated carbocycles. The van der Waals surface area contributed by atoms with Crippen LogP contribution in [0.3, 0.4) is 0 Å². The maximum atomic E-state index is 16.1. The van der Waals surface area contributed by atoms with E-state index in [4.69, 9.17) is 32.4 Å². The van der Waals surface area contributed by atoms with Crippen LogP contribution < -0.4 is 16.0 Å². The number of carbonyl (C=O) groups is 2. The molecule has 2 saturated heterocycles. The molecule has 3 aliphatic heterocycles. The van der Waals surface area contributed by atoms with Gasteiger partial charge in [0.05, 0.1) is 31.2 Å². The van der Waals surface area contributed by atoms with E-state index in [1.165, 1.54) is 18.7 Å². The average molecular weight is 658 g/mol. The summed E-state index contributed by atoms with van der Waals surface area (Å²) in [7, 11) is 0. The quantitative estimate of drug-likeness (QED) is 0.323. The molecule has 2 aromatic heterocycles. The van der Waals surface area contributed by atoms with Crippen molar-refractivity contribution in [3.8, 4) is 0 Å². The first-order chi connectivity index (χ1) is 21.5. The van der Waals surface area contributed by atoms with Crippen molar-refractivity contribution in [1.82, 2.24) is 25.8 Å².